The molecule has 2 aliphatic rings. The molecule has 8 heteroatoms. The van der Waals surface area contributed by atoms with Crippen molar-refractivity contribution < 1.29 is 18.3 Å². The molecular formula is C20H27N3O4S. The summed E-state index contributed by atoms with van der Waals surface area (Å²) in [6, 6.07) is 5.82. The minimum Gasteiger partial charge on any atom is -0.509 e. The monoisotopic (exact) mass is 405 g/mol. The van der Waals surface area contributed by atoms with Gasteiger partial charge in [-0.25, -0.2) is 0 Å². The first-order valence-electron chi connectivity index (χ1n) is 9.39. The van der Waals surface area contributed by atoms with Gasteiger partial charge >= 0.3 is 0 Å². The van der Waals surface area contributed by atoms with E-state index in [0.717, 1.165) is 6.42 Å². The summed E-state index contributed by atoms with van der Waals surface area (Å²) in [6.07, 6.45) is 0.778. The van der Waals surface area contributed by atoms with Crippen molar-refractivity contribution in [2.24, 2.45) is 15.7 Å². The standard InChI is InChI=1S/C20H27N3O4S/c1-12(2)10-11-23-17(20(3,4)5)16(24)15(19(23)25)18-21-13-8-6-7-9-14(13)28(26,27)22-18/h6-9,12,17,24H,10-11H2,1-5H3,(H,21,22). The van der Waals surface area contributed by atoms with Gasteiger partial charge < -0.3 is 15.3 Å². The number of fused-ring (bicyclic) bond motifs is 1. The number of nitrogens with zero attached hydrogens (tertiary/aromatic N) is 2. The Morgan fingerprint density at radius 3 is 2.50 bits per heavy atom. The van der Waals surface area contributed by atoms with Gasteiger partial charge in [-0.2, -0.15) is 8.42 Å². The van der Waals surface area contributed by atoms with Crippen molar-refractivity contribution in [3.63, 3.8) is 0 Å². The maximum absolute atomic E-state index is 13.2. The normalized spacial score (nSPS) is 21.6. The Balaban J connectivity index is 2.07. The SMILES string of the molecule is CC(C)CCN1C(=O)C(C2=NS(=O)(=O)c3ccccc3N2)=C(O)C1C(C)(C)C. The molecule has 2 heterocycles. The zero-order valence-electron chi connectivity index (χ0n) is 16.9. The van der Waals surface area contributed by atoms with Gasteiger partial charge in [-0.3, -0.25) is 4.79 Å². The van der Waals surface area contributed by atoms with E-state index >= 15 is 0 Å². The lowest BCUT2D eigenvalue weighted by Crippen LogP contribution is -2.44. The van der Waals surface area contributed by atoms with E-state index in [9.17, 15) is 18.3 Å². The van der Waals surface area contributed by atoms with E-state index in [0.29, 0.717) is 18.2 Å². The van der Waals surface area contributed by atoms with Crippen LogP contribution in [-0.4, -0.2) is 42.8 Å². The summed E-state index contributed by atoms with van der Waals surface area (Å²) >= 11 is 0. The fourth-order valence-corrected chi connectivity index (χ4v) is 4.73. The van der Waals surface area contributed by atoms with Crippen molar-refractivity contribution in [1.82, 2.24) is 4.90 Å². The number of anilines is 1. The minimum atomic E-state index is -3.96. The number of carbonyl (C=O) groups is 1. The molecule has 1 atom stereocenters. The average Bonchev–Trinajstić information content (AvgIpc) is 2.82. The van der Waals surface area contributed by atoms with Crippen molar-refractivity contribution in [2.75, 3.05) is 11.9 Å². The van der Waals surface area contributed by atoms with Gasteiger partial charge in [-0.15, -0.1) is 4.40 Å². The third kappa shape index (κ3) is 3.53. The smallest absolute Gasteiger partial charge is 0.286 e. The third-order valence-electron chi connectivity index (χ3n) is 4.94. The fourth-order valence-electron chi connectivity index (χ4n) is 3.61. The van der Waals surface area contributed by atoms with Crippen LogP contribution in [0.25, 0.3) is 0 Å². The van der Waals surface area contributed by atoms with Crippen molar-refractivity contribution >= 4 is 27.5 Å². The fraction of sp³-hybridized carbons (Fsp3) is 0.500. The number of rotatable bonds is 4. The zero-order chi connectivity index (χ0) is 20.9. The summed E-state index contributed by atoms with van der Waals surface area (Å²) in [6.45, 7) is 10.4. The Bertz CT molecular complexity index is 971. The molecule has 2 N–H and O–H groups in total. The van der Waals surface area contributed by atoms with Crippen LogP contribution in [-0.2, 0) is 14.8 Å². The van der Waals surface area contributed by atoms with E-state index in [2.05, 4.69) is 23.6 Å². The predicted octanol–water partition coefficient (Wildman–Crippen LogP) is 3.31. The molecule has 3 rings (SSSR count). The highest BCUT2D eigenvalue weighted by Crippen LogP contribution is 2.38. The number of sulfonamides is 1. The highest BCUT2D eigenvalue weighted by molar-refractivity contribution is 7.90. The number of para-hydroxylation sites is 1. The number of amidine groups is 1. The summed E-state index contributed by atoms with van der Waals surface area (Å²) in [5.41, 5.74) is -0.153. The molecule has 0 bridgehead atoms. The number of aliphatic hydroxyl groups excluding tert-OH is 1. The van der Waals surface area contributed by atoms with Gasteiger partial charge in [0.2, 0.25) is 0 Å². The van der Waals surface area contributed by atoms with E-state index in [1.54, 1.807) is 23.1 Å². The first kappa shape index (κ1) is 20.4. The maximum atomic E-state index is 13.2. The molecule has 0 saturated heterocycles. The van der Waals surface area contributed by atoms with Crippen LogP contribution in [0.1, 0.15) is 41.0 Å². The Kier molecular flexibility index (Phi) is 5.04. The number of amides is 1. The number of nitrogens with one attached hydrogen (secondary N) is 1. The molecule has 0 aromatic heterocycles. The topological polar surface area (TPSA) is 99.1 Å². The van der Waals surface area contributed by atoms with Crippen LogP contribution < -0.4 is 5.32 Å². The second-order valence-corrected chi connectivity index (χ2v) is 10.3. The molecule has 1 aromatic carbocycles. The van der Waals surface area contributed by atoms with Crippen molar-refractivity contribution in [3.05, 3.63) is 35.6 Å². The summed E-state index contributed by atoms with van der Waals surface area (Å²) in [5, 5.41) is 13.9. The molecule has 1 unspecified atom stereocenters. The first-order valence-corrected chi connectivity index (χ1v) is 10.8. The molecule has 0 aliphatic carbocycles. The number of carbonyl (C=O) groups excluding carboxylic acids is 1. The molecule has 0 radical (unpaired) electrons. The Morgan fingerprint density at radius 2 is 1.89 bits per heavy atom. The van der Waals surface area contributed by atoms with Gasteiger partial charge in [0.05, 0.1) is 11.7 Å². The maximum Gasteiger partial charge on any atom is 0.286 e. The van der Waals surface area contributed by atoms with Gasteiger partial charge in [0.15, 0.2) is 5.84 Å². The first-order chi connectivity index (χ1) is 12.9. The zero-order valence-corrected chi connectivity index (χ0v) is 17.7. The van der Waals surface area contributed by atoms with Crippen LogP contribution in [0.3, 0.4) is 0 Å². The quantitative estimate of drug-likeness (QED) is 0.801. The van der Waals surface area contributed by atoms with Crippen molar-refractivity contribution in [3.8, 4) is 0 Å². The van der Waals surface area contributed by atoms with Crippen LogP contribution in [0.5, 0.6) is 0 Å². The molecule has 1 aromatic rings. The Labute approximate surface area is 166 Å². The van der Waals surface area contributed by atoms with E-state index in [4.69, 9.17) is 0 Å². The molecule has 0 fully saturated rings. The summed E-state index contributed by atoms with van der Waals surface area (Å²) in [7, 11) is -3.96. The van der Waals surface area contributed by atoms with Crippen LogP contribution in [0, 0.1) is 11.3 Å². The molecule has 1 amide bonds. The summed E-state index contributed by atoms with van der Waals surface area (Å²) < 4.78 is 28.9. The second kappa shape index (κ2) is 6.92. The Hall–Kier alpha value is -2.35. The molecule has 28 heavy (non-hydrogen) atoms. The van der Waals surface area contributed by atoms with Crippen LogP contribution >= 0.6 is 0 Å². The lowest BCUT2D eigenvalue weighted by Gasteiger charge is -2.35. The van der Waals surface area contributed by atoms with Gasteiger partial charge in [-0.05, 0) is 29.9 Å². The van der Waals surface area contributed by atoms with E-state index < -0.39 is 27.4 Å². The highest BCUT2D eigenvalue weighted by atomic mass is 32.2. The number of benzene rings is 1. The largest absolute Gasteiger partial charge is 0.509 e. The Morgan fingerprint density at radius 1 is 1.25 bits per heavy atom. The molecule has 0 spiro atoms. The van der Waals surface area contributed by atoms with E-state index in [1.165, 1.54) is 6.07 Å². The summed E-state index contributed by atoms with van der Waals surface area (Å²) in [5.74, 6) is -0.277. The van der Waals surface area contributed by atoms with E-state index in [1.807, 2.05) is 20.8 Å². The molecule has 152 valence electrons. The van der Waals surface area contributed by atoms with Crippen LogP contribution in [0.15, 0.2) is 44.9 Å². The number of hydrogen-bond donors (Lipinski definition) is 2. The lowest BCUT2D eigenvalue weighted by atomic mass is 9.85. The second-order valence-electron chi connectivity index (χ2n) is 8.75. The van der Waals surface area contributed by atoms with Gasteiger partial charge in [-0.1, -0.05) is 46.8 Å². The van der Waals surface area contributed by atoms with Crippen molar-refractivity contribution in [1.29, 1.82) is 0 Å². The van der Waals surface area contributed by atoms with Gasteiger partial charge in [0, 0.05) is 6.54 Å². The molecular weight excluding hydrogens is 378 g/mol. The number of hydrogen-bond acceptors (Lipinski definition) is 5. The lowest BCUT2D eigenvalue weighted by molar-refractivity contribution is -0.128. The predicted molar refractivity (Wildman–Crippen MR) is 109 cm³/mol. The minimum absolute atomic E-state index is 0.0494. The molecule has 0 saturated carbocycles. The van der Waals surface area contributed by atoms with Crippen LogP contribution in [0.2, 0.25) is 0 Å². The average molecular weight is 406 g/mol. The van der Waals surface area contributed by atoms with Gasteiger partial charge in [0.25, 0.3) is 15.9 Å². The third-order valence-corrected chi connectivity index (χ3v) is 6.27. The molecule has 7 nitrogen and oxygen atoms in total. The van der Waals surface area contributed by atoms with Crippen molar-refractivity contribution in [2.45, 2.75) is 52.0 Å². The van der Waals surface area contributed by atoms with Crippen LogP contribution in [0.4, 0.5) is 5.69 Å². The van der Waals surface area contributed by atoms with Gasteiger partial charge in [0.1, 0.15) is 16.2 Å². The summed E-state index contributed by atoms with van der Waals surface area (Å²) in [4.78, 5) is 14.9. The number of aliphatic hydroxyl groups is 1. The highest BCUT2D eigenvalue weighted by Gasteiger charge is 2.47. The van der Waals surface area contributed by atoms with E-state index in [-0.39, 0.29) is 22.1 Å². The molecule has 2 aliphatic heterocycles.